The maximum atomic E-state index is 12.1. The van der Waals surface area contributed by atoms with Gasteiger partial charge in [0.2, 0.25) is 11.8 Å². The summed E-state index contributed by atoms with van der Waals surface area (Å²) in [6.07, 6.45) is 0. The number of rotatable bonds is 4. The Morgan fingerprint density at radius 3 is 1.45 bits per heavy atom. The highest BCUT2D eigenvalue weighted by atomic mass is 16.5. The molecule has 1 saturated heterocycles. The Morgan fingerprint density at radius 2 is 1.20 bits per heavy atom. The zero-order chi connectivity index (χ0) is 15.4. The van der Waals surface area contributed by atoms with Gasteiger partial charge >= 0.3 is 11.9 Å². The molecule has 1 fully saturated rings. The molecule has 0 N–H and O–H groups in total. The van der Waals surface area contributed by atoms with Crippen molar-refractivity contribution in [1.82, 2.24) is 9.80 Å². The zero-order valence-electron chi connectivity index (χ0n) is 11.9. The van der Waals surface area contributed by atoms with Gasteiger partial charge in [0.05, 0.1) is 0 Å². The lowest BCUT2D eigenvalue weighted by molar-refractivity contribution is -0.167. The Labute approximate surface area is 116 Å². The van der Waals surface area contributed by atoms with Crippen LogP contribution >= 0.6 is 0 Å². The van der Waals surface area contributed by atoms with Crippen molar-refractivity contribution in [2.75, 3.05) is 27.3 Å². The maximum absolute atomic E-state index is 12.1. The van der Waals surface area contributed by atoms with E-state index >= 15 is 0 Å². The summed E-state index contributed by atoms with van der Waals surface area (Å²) in [5.74, 6) is -1.79. The summed E-state index contributed by atoms with van der Waals surface area (Å²) in [6, 6.07) is -1.71. The molecule has 1 rings (SSSR count). The minimum Gasteiger partial charge on any atom is -0.463 e. The third kappa shape index (κ3) is 3.46. The summed E-state index contributed by atoms with van der Waals surface area (Å²) in [6.45, 7) is 2.06. The predicted molar refractivity (Wildman–Crippen MR) is 66.4 cm³/mol. The van der Waals surface area contributed by atoms with Gasteiger partial charge in [-0.3, -0.25) is 19.2 Å². The Bertz CT molecular complexity index is 396. The van der Waals surface area contributed by atoms with E-state index in [9.17, 15) is 19.2 Å². The van der Waals surface area contributed by atoms with E-state index in [2.05, 4.69) is 0 Å². The summed E-state index contributed by atoms with van der Waals surface area (Å²) in [5, 5.41) is 0. The normalized spacial score (nSPS) is 22.8. The van der Waals surface area contributed by atoms with E-state index in [1.807, 2.05) is 0 Å². The minimum absolute atomic E-state index is 0.193. The van der Waals surface area contributed by atoms with Crippen LogP contribution in [-0.4, -0.2) is 72.9 Å². The number of esters is 2. The van der Waals surface area contributed by atoms with Crippen LogP contribution in [-0.2, 0) is 28.7 Å². The molecule has 1 aliphatic heterocycles. The molecule has 0 aromatic carbocycles. The van der Waals surface area contributed by atoms with Crippen LogP contribution in [0.4, 0.5) is 0 Å². The van der Waals surface area contributed by atoms with E-state index < -0.39 is 24.0 Å². The number of piperazine rings is 1. The third-order valence-corrected chi connectivity index (χ3v) is 3.09. The SMILES string of the molecule is CC(=O)OCC1C(=O)N(C)C(COC(C)=O)C(=O)N1C. The van der Waals surface area contributed by atoms with Crippen LogP contribution in [0.5, 0.6) is 0 Å². The van der Waals surface area contributed by atoms with Gasteiger partial charge in [0.25, 0.3) is 0 Å². The lowest BCUT2D eigenvalue weighted by atomic mass is 10.1. The van der Waals surface area contributed by atoms with Crippen LogP contribution in [0.15, 0.2) is 0 Å². The van der Waals surface area contributed by atoms with Crippen molar-refractivity contribution < 1.29 is 28.7 Å². The van der Waals surface area contributed by atoms with Gasteiger partial charge in [-0.05, 0) is 0 Å². The first kappa shape index (κ1) is 15.9. The van der Waals surface area contributed by atoms with Crippen molar-refractivity contribution in [3.05, 3.63) is 0 Å². The van der Waals surface area contributed by atoms with Crippen molar-refractivity contribution in [3.8, 4) is 0 Å². The second kappa shape index (κ2) is 6.36. The number of hydrogen-bond acceptors (Lipinski definition) is 6. The van der Waals surface area contributed by atoms with Crippen molar-refractivity contribution in [2.45, 2.75) is 25.9 Å². The maximum Gasteiger partial charge on any atom is 0.302 e. The molecule has 8 heteroatoms. The molecule has 0 spiro atoms. The van der Waals surface area contributed by atoms with Crippen LogP contribution in [0.3, 0.4) is 0 Å². The molecule has 8 nitrogen and oxygen atoms in total. The van der Waals surface area contributed by atoms with Gasteiger partial charge in [-0.25, -0.2) is 0 Å². The van der Waals surface area contributed by atoms with Crippen molar-refractivity contribution in [2.24, 2.45) is 0 Å². The molecule has 1 aliphatic rings. The Hall–Kier alpha value is -2.12. The van der Waals surface area contributed by atoms with E-state index in [4.69, 9.17) is 9.47 Å². The standard InChI is InChI=1S/C12H18N2O6/c1-7(15)19-5-9-11(17)14(4)10(6-20-8(2)16)12(18)13(9)3/h9-10H,5-6H2,1-4H3. The van der Waals surface area contributed by atoms with Crippen LogP contribution < -0.4 is 0 Å². The Morgan fingerprint density at radius 1 is 0.900 bits per heavy atom. The molecule has 0 bridgehead atoms. The predicted octanol–water partition coefficient (Wildman–Crippen LogP) is -1.22. The van der Waals surface area contributed by atoms with Gasteiger partial charge < -0.3 is 19.3 Å². The summed E-state index contributed by atoms with van der Waals surface area (Å²) in [5.41, 5.74) is 0. The molecule has 2 atom stereocenters. The highest BCUT2D eigenvalue weighted by Crippen LogP contribution is 2.16. The second-order valence-corrected chi connectivity index (χ2v) is 4.54. The lowest BCUT2D eigenvalue weighted by Gasteiger charge is -2.41. The molecule has 0 radical (unpaired) electrons. The number of carbonyl (C=O) groups is 4. The lowest BCUT2D eigenvalue weighted by Crippen LogP contribution is -2.64. The first-order valence-electron chi connectivity index (χ1n) is 6.05. The molecule has 20 heavy (non-hydrogen) atoms. The molecule has 0 saturated carbocycles. The Balaban J connectivity index is 2.79. The molecule has 2 amide bonds. The Kier molecular flexibility index (Phi) is 5.06. The number of nitrogens with zero attached hydrogens (tertiary/aromatic N) is 2. The van der Waals surface area contributed by atoms with Crippen LogP contribution in [0, 0.1) is 0 Å². The smallest absolute Gasteiger partial charge is 0.302 e. The van der Waals surface area contributed by atoms with Gasteiger partial charge in [-0.1, -0.05) is 0 Å². The first-order chi connectivity index (χ1) is 9.25. The fraction of sp³-hybridized carbons (Fsp3) is 0.667. The fourth-order valence-corrected chi connectivity index (χ4v) is 1.87. The molecule has 0 aromatic heterocycles. The van der Waals surface area contributed by atoms with Gasteiger partial charge in [0.1, 0.15) is 25.3 Å². The molecule has 112 valence electrons. The molecular formula is C12H18N2O6. The van der Waals surface area contributed by atoms with E-state index in [0.717, 1.165) is 0 Å². The molecule has 1 heterocycles. The van der Waals surface area contributed by atoms with E-state index in [0.29, 0.717) is 0 Å². The summed E-state index contributed by atoms with van der Waals surface area (Å²) < 4.78 is 9.57. The third-order valence-electron chi connectivity index (χ3n) is 3.09. The average Bonchev–Trinajstić information content (AvgIpc) is 2.35. The summed E-state index contributed by atoms with van der Waals surface area (Å²) in [4.78, 5) is 48.3. The first-order valence-corrected chi connectivity index (χ1v) is 6.05. The average molecular weight is 286 g/mol. The highest BCUT2D eigenvalue weighted by Gasteiger charge is 2.43. The number of likely N-dealkylation sites (N-methyl/N-ethyl adjacent to an activating group) is 2. The molecule has 0 aliphatic carbocycles. The quantitative estimate of drug-likeness (QED) is 0.601. The summed E-state index contributed by atoms with van der Waals surface area (Å²) in [7, 11) is 2.89. The van der Waals surface area contributed by atoms with Crippen LogP contribution in [0.25, 0.3) is 0 Å². The van der Waals surface area contributed by atoms with Crippen molar-refractivity contribution in [3.63, 3.8) is 0 Å². The number of ether oxygens (including phenoxy) is 2. The molecule has 2 unspecified atom stereocenters. The number of carbonyl (C=O) groups excluding carboxylic acids is 4. The largest absolute Gasteiger partial charge is 0.463 e. The molecule has 0 aromatic rings. The van der Waals surface area contributed by atoms with Gasteiger partial charge in [0.15, 0.2) is 0 Å². The van der Waals surface area contributed by atoms with Crippen molar-refractivity contribution in [1.29, 1.82) is 0 Å². The van der Waals surface area contributed by atoms with Gasteiger partial charge in [0, 0.05) is 27.9 Å². The number of hydrogen-bond donors (Lipinski definition) is 0. The van der Waals surface area contributed by atoms with E-state index in [1.54, 1.807) is 0 Å². The second-order valence-electron chi connectivity index (χ2n) is 4.54. The number of amides is 2. The van der Waals surface area contributed by atoms with Crippen LogP contribution in [0.2, 0.25) is 0 Å². The summed E-state index contributed by atoms with van der Waals surface area (Å²) >= 11 is 0. The van der Waals surface area contributed by atoms with Crippen molar-refractivity contribution >= 4 is 23.8 Å². The monoisotopic (exact) mass is 286 g/mol. The zero-order valence-corrected chi connectivity index (χ0v) is 11.9. The van der Waals surface area contributed by atoms with Gasteiger partial charge in [-0.2, -0.15) is 0 Å². The van der Waals surface area contributed by atoms with E-state index in [1.165, 1.54) is 37.7 Å². The molecular weight excluding hydrogens is 268 g/mol. The highest BCUT2D eigenvalue weighted by molar-refractivity contribution is 5.97. The minimum atomic E-state index is -0.857. The van der Waals surface area contributed by atoms with Gasteiger partial charge in [-0.15, -0.1) is 0 Å². The van der Waals surface area contributed by atoms with Crippen LogP contribution in [0.1, 0.15) is 13.8 Å². The van der Waals surface area contributed by atoms with E-state index in [-0.39, 0.29) is 25.0 Å². The fourth-order valence-electron chi connectivity index (χ4n) is 1.87. The topological polar surface area (TPSA) is 93.2 Å².